The Hall–Kier alpha value is -3.13. The first-order valence-corrected chi connectivity index (χ1v) is 6.72. The highest BCUT2D eigenvalue weighted by atomic mass is 19.1. The van der Waals surface area contributed by atoms with Crippen molar-refractivity contribution in [3.63, 3.8) is 0 Å². The van der Waals surface area contributed by atoms with Crippen LogP contribution in [-0.4, -0.2) is 9.78 Å². The molecule has 0 aliphatic heterocycles. The Balaban J connectivity index is 2.25. The summed E-state index contributed by atoms with van der Waals surface area (Å²) in [5, 5.41) is 13.8. The summed E-state index contributed by atoms with van der Waals surface area (Å²) in [5.41, 5.74) is 8.99. The van der Waals surface area contributed by atoms with Gasteiger partial charge in [0.15, 0.2) is 0 Å². The molecule has 22 heavy (non-hydrogen) atoms. The van der Waals surface area contributed by atoms with Crippen LogP contribution in [0.25, 0.3) is 16.9 Å². The molecule has 0 fully saturated rings. The van der Waals surface area contributed by atoms with Crippen molar-refractivity contribution in [1.29, 1.82) is 5.26 Å². The SMILES string of the molecule is Cc1ccccc1-n1nc(-c2cccc(F)c2)c(C#N)c1N. The monoisotopic (exact) mass is 292 g/mol. The molecule has 0 spiro atoms. The van der Waals surface area contributed by atoms with Crippen LogP contribution >= 0.6 is 0 Å². The van der Waals surface area contributed by atoms with Crippen LogP contribution in [0.5, 0.6) is 0 Å². The van der Waals surface area contributed by atoms with Crippen LogP contribution < -0.4 is 5.73 Å². The third-order valence-electron chi connectivity index (χ3n) is 3.47. The molecule has 0 atom stereocenters. The van der Waals surface area contributed by atoms with E-state index in [4.69, 9.17) is 5.73 Å². The minimum atomic E-state index is -0.384. The number of anilines is 1. The van der Waals surface area contributed by atoms with Gasteiger partial charge in [-0.25, -0.2) is 9.07 Å². The number of nitrogens with zero attached hydrogens (tertiary/aromatic N) is 3. The fourth-order valence-electron chi connectivity index (χ4n) is 2.36. The number of aryl methyl sites for hydroxylation is 1. The lowest BCUT2D eigenvalue weighted by molar-refractivity contribution is 0.628. The van der Waals surface area contributed by atoms with E-state index in [-0.39, 0.29) is 17.2 Å². The Morgan fingerprint density at radius 1 is 1.18 bits per heavy atom. The van der Waals surface area contributed by atoms with E-state index in [1.165, 1.54) is 16.8 Å². The lowest BCUT2D eigenvalue weighted by atomic mass is 10.1. The zero-order valence-corrected chi connectivity index (χ0v) is 11.9. The van der Waals surface area contributed by atoms with Crippen molar-refractivity contribution >= 4 is 5.82 Å². The topological polar surface area (TPSA) is 67.6 Å². The lowest BCUT2D eigenvalue weighted by Crippen LogP contribution is -2.04. The van der Waals surface area contributed by atoms with Crippen LogP contribution in [0.4, 0.5) is 10.2 Å². The predicted molar refractivity (Wildman–Crippen MR) is 82.8 cm³/mol. The molecule has 3 aromatic rings. The van der Waals surface area contributed by atoms with E-state index in [0.29, 0.717) is 11.3 Å². The standard InChI is InChI=1S/C17H13FN4/c1-11-5-2-3-8-15(11)22-17(20)14(10-19)16(21-22)12-6-4-7-13(18)9-12/h2-9H,20H2,1H3. The molecule has 0 radical (unpaired) electrons. The fraction of sp³-hybridized carbons (Fsp3) is 0.0588. The number of hydrogen-bond donors (Lipinski definition) is 1. The first-order valence-electron chi connectivity index (χ1n) is 6.72. The summed E-state index contributed by atoms with van der Waals surface area (Å²) in [7, 11) is 0. The quantitative estimate of drug-likeness (QED) is 0.786. The molecule has 0 aliphatic rings. The lowest BCUT2D eigenvalue weighted by Gasteiger charge is -2.06. The Morgan fingerprint density at radius 3 is 2.64 bits per heavy atom. The summed E-state index contributed by atoms with van der Waals surface area (Å²) in [6.07, 6.45) is 0. The molecular weight excluding hydrogens is 279 g/mol. The highest BCUT2D eigenvalue weighted by molar-refractivity contribution is 5.74. The second-order valence-corrected chi connectivity index (χ2v) is 4.93. The third-order valence-corrected chi connectivity index (χ3v) is 3.47. The molecule has 0 unspecified atom stereocenters. The Kier molecular flexibility index (Phi) is 3.36. The molecule has 0 amide bonds. The molecule has 1 heterocycles. The van der Waals surface area contributed by atoms with Crippen molar-refractivity contribution in [3.05, 3.63) is 65.5 Å². The van der Waals surface area contributed by atoms with Crippen molar-refractivity contribution in [3.8, 4) is 23.0 Å². The zero-order valence-electron chi connectivity index (χ0n) is 11.9. The van der Waals surface area contributed by atoms with E-state index >= 15 is 0 Å². The molecule has 3 rings (SSSR count). The smallest absolute Gasteiger partial charge is 0.145 e. The van der Waals surface area contributed by atoms with Crippen LogP contribution in [0, 0.1) is 24.1 Å². The number of aromatic nitrogens is 2. The normalized spacial score (nSPS) is 10.4. The highest BCUT2D eigenvalue weighted by Gasteiger charge is 2.19. The van der Waals surface area contributed by atoms with Gasteiger partial charge in [-0.2, -0.15) is 10.4 Å². The van der Waals surface area contributed by atoms with E-state index in [1.54, 1.807) is 12.1 Å². The van der Waals surface area contributed by atoms with Gasteiger partial charge < -0.3 is 5.73 Å². The van der Waals surface area contributed by atoms with Gasteiger partial charge in [0.2, 0.25) is 0 Å². The number of rotatable bonds is 2. The van der Waals surface area contributed by atoms with Gasteiger partial charge >= 0.3 is 0 Å². The van der Waals surface area contributed by atoms with Crippen LogP contribution in [0.3, 0.4) is 0 Å². The number of nitrogens with two attached hydrogens (primary N) is 1. The number of nitrogen functional groups attached to an aromatic ring is 1. The van der Waals surface area contributed by atoms with Gasteiger partial charge in [-0.1, -0.05) is 30.3 Å². The van der Waals surface area contributed by atoms with Gasteiger partial charge in [-0.3, -0.25) is 0 Å². The number of para-hydroxylation sites is 1. The highest BCUT2D eigenvalue weighted by Crippen LogP contribution is 2.29. The first kappa shape index (κ1) is 13.8. The van der Waals surface area contributed by atoms with E-state index in [9.17, 15) is 9.65 Å². The maximum atomic E-state index is 13.4. The molecule has 0 saturated carbocycles. The minimum Gasteiger partial charge on any atom is -0.382 e. The van der Waals surface area contributed by atoms with Gasteiger partial charge in [0.1, 0.15) is 29.0 Å². The third kappa shape index (κ3) is 2.21. The second-order valence-electron chi connectivity index (χ2n) is 4.93. The minimum absolute atomic E-state index is 0.244. The maximum absolute atomic E-state index is 13.4. The summed E-state index contributed by atoms with van der Waals surface area (Å²) in [6.45, 7) is 1.93. The summed E-state index contributed by atoms with van der Waals surface area (Å²) < 4.78 is 15.0. The Labute approximate surface area is 127 Å². The van der Waals surface area contributed by atoms with Crippen molar-refractivity contribution in [2.45, 2.75) is 6.92 Å². The molecule has 0 aliphatic carbocycles. The molecule has 2 aromatic carbocycles. The fourth-order valence-corrected chi connectivity index (χ4v) is 2.36. The maximum Gasteiger partial charge on any atom is 0.145 e. The average molecular weight is 292 g/mol. The van der Waals surface area contributed by atoms with Gasteiger partial charge in [-0.15, -0.1) is 0 Å². The summed E-state index contributed by atoms with van der Waals surface area (Å²) in [4.78, 5) is 0. The van der Waals surface area contributed by atoms with Crippen molar-refractivity contribution < 1.29 is 4.39 Å². The number of nitriles is 1. The van der Waals surface area contributed by atoms with Gasteiger partial charge in [0, 0.05) is 5.56 Å². The number of benzene rings is 2. The average Bonchev–Trinajstić information content (AvgIpc) is 2.84. The number of halogens is 1. The van der Waals surface area contributed by atoms with Crippen molar-refractivity contribution in [2.75, 3.05) is 5.73 Å². The molecular formula is C17H13FN4. The summed E-state index contributed by atoms with van der Waals surface area (Å²) >= 11 is 0. The van der Waals surface area contributed by atoms with Crippen LogP contribution in [0.2, 0.25) is 0 Å². The van der Waals surface area contributed by atoms with E-state index in [0.717, 1.165) is 11.3 Å². The molecule has 0 saturated heterocycles. The van der Waals surface area contributed by atoms with E-state index in [2.05, 4.69) is 11.2 Å². The molecule has 2 N–H and O–H groups in total. The largest absolute Gasteiger partial charge is 0.382 e. The predicted octanol–water partition coefficient (Wildman–Crippen LogP) is 3.44. The summed E-state index contributed by atoms with van der Waals surface area (Å²) in [5.74, 6) is -0.138. The van der Waals surface area contributed by atoms with Crippen molar-refractivity contribution in [1.82, 2.24) is 9.78 Å². The van der Waals surface area contributed by atoms with Gasteiger partial charge in [0.25, 0.3) is 0 Å². The van der Waals surface area contributed by atoms with Crippen LogP contribution in [-0.2, 0) is 0 Å². The van der Waals surface area contributed by atoms with E-state index in [1.807, 2.05) is 31.2 Å². The van der Waals surface area contributed by atoms with Gasteiger partial charge in [0.05, 0.1) is 5.69 Å². The van der Waals surface area contributed by atoms with Gasteiger partial charge in [-0.05, 0) is 30.7 Å². The zero-order chi connectivity index (χ0) is 15.7. The van der Waals surface area contributed by atoms with Crippen LogP contribution in [0.15, 0.2) is 48.5 Å². The molecule has 108 valence electrons. The van der Waals surface area contributed by atoms with Crippen LogP contribution in [0.1, 0.15) is 11.1 Å². The first-order chi connectivity index (χ1) is 10.6. The molecule has 4 nitrogen and oxygen atoms in total. The number of hydrogen-bond acceptors (Lipinski definition) is 3. The Morgan fingerprint density at radius 2 is 1.95 bits per heavy atom. The molecule has 0 bridgehead atoms. The second kappa shape index (κ2) is 5.34. The Bertz CT molecular complexity index is 890. The van der Waals surface area contributed by atoms with Crippen molar-refractivity contribution in [2.24, 2.45) is 0 Å². The summed E-state index contributed by atoms with van der Waals surface area (Å²) in [6, 6.07) is 15.6. The molecule has 1 aromatic heterocycles. The molecule has 5 heteroatoms. The van der Waals surface area contributed by atoms with E-state index < -0.39 is 0 Å².